The number of para-hydroxylation sites is 1. The molecule has 0 fully saturated rings. The van der Waals surface area contributed by atoms with E-state index in [4.69, 9.17) is 0 Å². The summed E-state index contributed by atoms with van der Waals surface area (Å²) in [6.45, 7) is 3.80. The molecule has 4 aromatic rings. The summed E-state index contributed by atoms with van der Waals surface area (Å²) in [4.78, 5) is 4.65. The van der Waals surface area contributed by atoms with Gasteiger partial charge in [-0.05, 0) is 43.7 Å². The number of aryl methyl sites for hydroxylation is 1. The fourth-order valence-corrected chi connectivity index (χ4v) is 2.96. The predicted molar refractivity (Wildman–Crippen MR) is 93.6 cm³/mol. The Morgan fingerprint density at radius 1 is 1.04 bits per heavy atom. The van der Waals surface area contributed by atoms with E-state index in [0.717, 1.165) is 28.3 Å². The highest BCUT2D eigenvalue weighted by Gasteiger charge is 2.14. The van der Waals surface area contributed by atoms with Gasteiger partial charge in [0.05, 0.1) is 17.3 Å². The predicted octanol–water partition coefficient (Wildman–Crippen LogP) is 4.64. The van der Waals surface area contributed by atoms with E-state index in [0.29, 0.717) is 11.4 Å². The van der Waals surface area contributed by atoms with E-state index < -0.39 is 11.6 Å². The number of nitrogens with zero attached hydrogens (tertiary/aromatic N) is 3. The summed E-state index contributed by atoms with van der Waals surface area (Å²) in [5.74, 6) is -1.03. The minimum Gasteiger partial charge on any atom is -0.363 e. The van der Waals surface area contributed by atoms with E-state index >= 15 is 0 Å². The minimum atomic E-state index is -0.856. The second kappa shape index (κ2) is 5.81. The Morgan fingerprint density at radius 2 is 1.84 bits per heavy atom. The van der Waals surface area contributed by atoms with Crippen LogP contribution >= 0.6 is 0 Å². The van der Waals surface area contributed by atoms with Crippen molar-refractivity contribution in [1.29, 1.82) is 0 Å². The Balaban J connectivity index is 1.80. The van der Waals surface area contributed by atoms with Gasteiger partial charge in [-0.25, -0.2) is 18.3 Å². The topological polar surface area (TPSA) is 42.2 Å². The third-order valence-corrected chi connectivity index (χ3v) is 4.22. The van der Waals surface area contributed by atoms with Crippen LogP contribution < -0.4 is 5.32 Å². The normalized spacial score (nSPS) is 12.6. The Hall–Kier alpha value is -3.02. The van der Waals surface area contributed by atoms with Crippen molar-refractivity contribution in [2.24, 2.45) is 0 Å². The van der Waals surface area contributed by atoms with E-state index in [-0.39, 0.29) is 6.04 Å². The van der Waals surface area contributed by atoms with E-state index in [9.17, 15) is 8.78 Å². The Labute approximate surface area is 143 Å². The lowest BCUT2D eigenvalue weighted by Crippen LogP contribution is -2.10. The number of halogens is 2. The average Bonchev–Trinajstić information content (AvgIpc) is 2.98. The third-order valence-electron chi connectivity index (χ3n) is 4.22. The molecule has 4 rings (SSSR count). The second-order valence-electron chi connectivity index (χ2n) is 6.07. The van der Waals surface area contributed by atoms with Gasteiger partial charge in [-0.15, -0.1) is 0 Å². The Kier molecular flexibility index (Phi) is 3.60. The van der Waals surface area contributed by atoms with Crippen molar-refractivity contribution in [2.45, 2.75) is 19.9 Å². The van der Waals surface area contributed by atoms with Crippen molar-refractivity contribution in [3.8, 4) is 0 Å². The minimum absolute atomic E-state index is 0.238. The molecule has 1 atom stereocenters. The molecule has 25 heavy (non-hydrogen) atoms. The number of anilines is 1. The number of rotatable bonds is 3. The SMILES string of the molecule is Cc1cc2nc(N[C@H](C)c3ccc(F)c(F)c3)c3ccccc3n2n1. The number of aromatic nitrogens is 3. The zero-order chi connectivity index (χ0) is 17.6. The van der Waals surface area contributed by atoms with E-state index in [2.05, 4.69) is 15.4 Å². The molecule has 2 aromatic carbocycles. The van der Waals surface area contributed by atoms with Gasteiger partial charge in [0.1, 0.15) is 5.82 Å². The lowest BCUT2D eigenvalue weighted by atomic mass is 10.1. The van der Waals surface area contributed by atoms with Gasteiger partial charge >= 0.3 is 0 Å². The number of benzene rings is 2. The van der Waals surface area contributed by atoms with E-state index in [1.165, 1.54) is 6.07 Å². The van der Waals surface area contributed by atoms with Crippen molar-refractivity contribution >= 4 is 22.4 Å². The lowest BCUT2D eigenvalue weighted by molar-refractivity contribution is 0.506. The number of fused-ring (bicyclic) bond motifs is 3. The molecule has 6 heteroatoms. The highest BCUT2D eigenvalue weighted by atomic mass is 19.2. The van der Waals surface area contributed by atoms with Gasteiger partial charge in [0.25, 0.3) is 0 Å². The quantitative estimate of drug-likeness (QED) is 0.592. The van der Waals surface area contributed by atoms with E-state index in [1.807, 2.05) is 44.2 Å². The first-order valence-electron chi connectivity index (χ1n) is 7.99. The molecule has 0 radical (unpaired) electrons. The van der Waals surface area contributed by atoms with Crippen LogP contribution in [0.15, 0.2) is 48.5 Å². The van der Waals surface area contributed by atoms with Crippen molar-refractivity contribution in [1.82, 2.24) is 14.6 Å². The molecule has 2 aromatic heterocycles. The molecular weight excluding hydrogens is 322 g/mol. The summed E-state index contributed by atoms with van der Waals surface area (Å²) in [5.41, 5.74) is 3.19. The third kappa shape index (κ3) is 2.69. The number of hydrogen-bond acceptors (Lipinski definition) is 3. The van der Waals surface area contributed by atoms with Gasteiger partial charge in [0, 0.05) is 11.5 Å². The molecule has 126 valence electrons. The molecular formula is C19H16F2N4. The second-order valence-corrected chi connectivity index (χ2v) is 6.07. The Bertz CT molecular complexity index is 1090. The monoisotopic (exact) mass is 338 g/mol. The van der Waals surface area contributed by atoms with Crippen molar-refractivity contribution in [3.05, 3.63) is 71.4 Å². The standard InChI is InChI=1S/C19H16F2N4/c1-11-9-18-23-19(14-5-3-4-6-17(14)25(18)24-11)22-12(2)13-7-8-15(20)16(21)10-13/h3-10,12H,1-2H3,(H,22,23)/t12-/m1/s1. The molecule has 0 aliphatic heterocycles. The van der Waals surface area contributed by atoms with Gasteiger partial charge in [-0.2, -0.15) is 5.10 Å². The number of nitrogens with one attached hydrogen (secondary N) is 1. The molecule has 0 aliphatic carbocycles. The Morgan fingerprint density at radius 3 is 2.64 bits per heavy atom. The van der Waals surface area contributed by atoms with Crippen LogP contribution in [0.2, 0.25) is 0 Å². The fraction of sp³-hybridized carbons (Fsp3) is 0.158. The molecule has 4 nitrogen and oxygen atoms in total. The molecule has 0 spiro atoms. The van der Waals surface area contributed by atoms with Crippen LogP contribution in [0.3, 0.4) is 0 Å². The van der Waals surface area contributed by atoms with Gasteiger partial charge < -0.3 is 5.32 Å². The van der Waals surface area contributed by atoms with Crippen LogP contribution in [-0.4, -0.2) is 14.6 Å². The molecule has 0 amide bonds. The molecule has 1 N–H and O–H groups in total. The zero-order valence-corrected chi connectivity index (χ0v) is 13.8. The molecule has 0 aliphatic rings. The summed E-state index contributed by atoms with van der Waals surface area (Å²) in [6.07, 6.45) is 0. The molecule has 0 unspecified atom stereocenters. The lowest BCUT2D eigenvalue weighted by Gasteiger charge is -2.17. The maximum atomic E-state index is 13.5. The smallest absolute Gasteiger partial charge is 0.159 e. The van der Waals surface area contributed by atoms with Crippen LogP contribution in [0.25, 0.3) is 16.6 Å². The summed E-state index contributed by atoms with van der Waals surface area (Å²) < 4.78 is 28.5. The van der Waals surface area contributed by atoms with Gasteiger partial charge in [0.2, 0.25) is 0 Å². The summed E-state index contributed by atoms with van der Waals surface area (Å²) >= 11 is 0. The maximum absolute atomic E-state index is 13.5. The van der Waals surface area contributed by atoms with Crippen LogP contribution in [-0.2, 0) is 0 Å². The van der Waals surface area contributed by atoms with Gasteiger partial charge in [-0.1, -0.05) is 18.2 Å². The molecule has 0 saturated heterocycles. The van der Waals surface area contributed by atoms with Crippen molar-refractivity contribution in [2.75, 3.05) is 5.32 Å². The van der Waals surface area contributed by atoms with Gasteiger partial charge in [0.15, 0.2) is 17.3 Å². The van der Waals surface area contributed by atoms with Crippen LogP contribution in [0.4, 0.5) is 14.6 Å². The van der Waals surface area contributed by atoms with E-state index in [1.54, 1.807) is 10.6 Å². The maximum Gasteiger partial charge on any atom is 0.159 e. The van der Waals surface area contributed by atoms with Crippen LogP contribution in [0.1, 0.15) is 24.2 Å². The van der Waals surface area contributed by atoms with Gasteiger partial charge in [-0.3, -0.25) is 0 Å². The van der Waals surface area contributed by atoms with Crippen molar-refractivity contribution < 1.29 is 8.78 Å². The highest BCUT2D eigenvalue weighted by Crippen LogP contribution is 2.27. The average molecular weight is 338 g/mol. The zero-order valence-electron chi connectivity index (χ0n) is 13.8. The first-order chi connectivity index (χ1) is 12.0. The van der Waals surface area contributed by atoms with Crippen molar-refractivity contribution in [3.63, 3.8) is 0 Å². The molecule has 2 heterocycles. The molecule has 0 saturated carbocycles. The first kappa shape index (κ1) is 15.5. The first-order valence-corrected chi connectivity index (χ1v) is 7.99. The summed E-state index contributed by atoms with van der Waals surface area (Å²) in [7, 11) is 0. The molecule has 0 bridgehead atoms. The fourth-order valence-electron chi connectivity index (χ4n) is 2.96. The van der Waals surface area contributed by atoms with Crippen LogP contribution in [0.5, 0.6) is 0 Å². The summed E-state index contributed by atoms with van der Waals surface area (Å²) in [6, 6.07) is 13.4. The number of hydrogen-bond donors (Lipinski definition) is 1. The summed E-state index contributed by atoms with van der Waals surface area (Å²) in [5, 5.41) is 8.69. The largest absolute Gasteiger partial charge is 0.363 e. The highest BCUT2D eigenvalue weighted by molar-refractivity contribution is 5.91. The van der Waals surface area contributed by atoms with Crippen LogP contribution in [0, 0.1) is 18.6 Å².